The summed E-state index contributed by atoms with van der Waals surface area (Å²) in [6.07, 6.45) is 5.50. The Labute approximate surface area is 184 Å². The van der Waals surface area contributed by atoms with Crippen LogP contribution in [0.25, 0.3) is 0 Å². The molecule has 0 saturated carbocycles. The van der Waals surface area contributed by atoms with E-state index in [1.807, 2.05) is 6.92 Å². The van der Waals surface area contributed by atoms with Gasteiger partial charge in [0.2, 0.25) is 0 Å². The van der Waals surface area contributed by atoms with E-state index in [0.29, 0.717) is 17.8 Å². The molecule has 0 amide bonds. The molecule has 6 heteroatoms. The molecule has 0 fully saturated rings. The third-order valence-corrected chi connectivity index (χ3v) is 5.56. The summed E-state index contributed by atoms with van der Waals surface area (Å²) >= 11 is 0. The van der Waals surface area contributed by atoms with Gasteiger partial charge in [-0.15, -0.1) is 0 Å². The average molecular weight is 436 g/mol. The summed E-state index contributed by atoms with van der Waals surface area (Å²) in [5.74, 6) is 2.56. The first kappa shape index (κ1) is 29.7. The summed E-state index contributed by atoms with van der Waals surface area (Å²) in [6, 6.07) is 4.26. The Morgan fingerprint density at radius 1 is 1.17 bits per heavy atom. The van der Waals surface area contributed by atoms with Crippen LogP contribution >= 0.6 is 0 Å². The average Bonchev–Trinajstić information content (AvgIpc) is 2.70. The van der Waals surface area contributed by atoms with Crippen molar-refractivity contribution in [3.8, 4) is 5.75 Å². The van der Waals surface area contributed by atoms with Gasteiger partial charge in [-0.25, -0.2) is 0 Å². The van der Waals surface area contributed by atoms with Crippen molar-refractivity contribution >= 4 is 0 Å². The standard InChI is InChI=1S/C20H28O2.3CO.Cr/c1-12(2)8-14-9-13(3)16-6-7-20(4,21)18-11-15(22-5)10-17(14)19(16)18;3*1-2;/h8,10-11,13-14,16,21H,6-7,9H2,1-5H3;;;;/t13-,14-,16+,20-;;;;/m0..../s1. The number of rotatable bonds is 2. The van der Waals surface area contributed by atoms with Crippen molar-refractivity contribution in [2.45, 2.75) is 64.4 Å². The molecule has 156 valence electrons. The fraction of sp³-hybridized carbons (Fsp3) is 0.522. The van der Waals surface area contributed by atoms with E-state index >= 15 is 0 Å². The summed E-state index contributed by atoms with van der Waals surface area (Å²) < 4.78 is 28.0. The molecular weight excluding hydrogens is 408 g/mol. The third-order valence-electron chi connectivity index (χ3n) is 5.56. The molecule has 0 heterocycles. The number of benzene rings is 1. The van der Waals surface area contributed by atoms with Crippen molar-refractivity contribution in [1.82, 2.24) is 0 Å². The van der Waals surface area contributed by atoms with Crippen molar-refractivity contribution in [2.75, 3.05) is 7.11 Å². The van der Waals surface area contributed by atoms with Gasteiger partial charge in [0.25, 0.3) is 0 Å². The molecule has 0 radical (unpaired) electrons. The molecule has 0 unspecified atom stereocenters. The summed E-state index contributed by atoms with van der Waals surface area (Å²) in [4.78, 5) is 0. The zero-order chi connectivity index (χ0) is 22.1. The van der Waals surface area contributed by atoms with Gasteiger partial charge in [0.05, 0.1) is 12.7 Å². The topological polar surface area (TPSA) is 89.2 Å². The minimum Gasteiger partial charge on any atom is 0 e. The van der Waals surface area contributed by atoms with Gasteiger partial charge < -0.3 is 9.84 Å². The Kier molecular flexibility index (Phi) is 14.0. The first-order valence-electron chi connectivity index (χ1n) is 9.04. The van der Waals surface area contributed by atoms with Crippen LogP contribution in [-0.4, -0.2) is 12.2 Å². The van der Waals surface area contributed by atoms with Crippen LogP contribution in [0.15, 0.2) is 23.8 Å². The maximum absolute atomic E-state index is 10.9. The Hall–Kier alpha value is -1.53. The van der Waals surface area contributed by atoms with Crippen molar-refractivity contribution in [3.63, 3.8) is 0 Å². The van der Waals surface area contributed by atoms with E-state index < -0.39 is 5.60 Å². The molecule has 0 saturated heterocycles. The SMILES string of the molecule is COc1cc2c3c(c1)[C@@](C)(O)CC[C@@H]3[C@@H](C)C[C@@H]2C=C(C)C.[C-]#[O+].[C-]#[O+].[C-]#[O+].[Cr]. The maximum atomic E-state index is 10.9. The van der Waals surface area contributed by atoms with E-state index in [1.54, 1.807) is 7.11 Å². The van der Waals surface area contributed by atoms with Gasteiger partial charge in [-0.3, -0.25) is 0 Å². The number of hydrogen-bond acceptors (Lipinski definition) is 2. The van der Waals surface area contributed by atoms with Crippen molar-refractivity contribution in [3.05, 3.63) is 60.4 Å². The van der Waals surface area contributed by atoms with Gasteiger partial charge in [-0.2, -0.15) is 0 Å². The number of hydrogen-bond donors (Lipinski definition) is 1. The molecule has 4 atom stereocenters. The van der Waals surface area contributed by atoms with Crippen LogP contribution in [0.1, 0.15) is 75.5 Å². The van der Waals surface area contributed by atoms with Crippen LogP contribution in [0.2, 0.25) is 0 Å². The van der Waals surface area contributed by atoms with E-state index in [1.165, 1.54) is 23.1 Å². The molecule has 0 spiro atoms. The largest absolute Gasteiger partial charge is 0 e. The van der Waals surface area contributed by atoms with Crippen LogP contribution in [0.4, 0.5) is 0 Å². The second-order valence-electron chi connectivity index (χ2n) is 7.66. The molecule has 0 aliphatic heterocycles. The first-order chi connectivity index (χ1) is 13.3. The third kappa shape index (κ3) is 6.75. The van der Waals surface area contributed by atoms with Crippen molar-refractivity contribution < 1.29 is 41.2 Å². The van der Waals surface area contributed by atoms with Crippen molar-refractivity contribution in [1.29, 1.82) is 0 Å². The minimum atomic E-state index is -0.734. The Morgan fingerprint density at radius 2 is 1.72 bits per heavy atom. The van der Waals surface area contributed by atoms with Gasteiger partial charge in [-0.1, -0.05) is 18.6 Å². The molecule has 0 aromatic heterocycles. The molecular formula is C23H28CrO5. The van der Waals surface area contributed by atoms with Gasteiger partial charge >= 0.3 is 33.9 Å². The van der Waals surface area contributed by atoms with Gasteiger partial charge in [0, 0.05) is 23.3 Å². The monoisotopic (exact) mass is 436 g/mol. The van der Waals surface area contributed by atoms with E-state index in [2.05, 4.69) is 58.9 Å². The zero-order valence-corrected chi connectivity index (χ0v) is 18.8. The first-order valence-corrected chi connectivity index (χ1v) is 9.04. The molecule has 1 aromatic carbocycles. The van der Waals surface area contributed by atoms with Crippen molar-refractivity contribution in [2.24, 2.45) is 5.92 Å². The summed E-state index contributed by atoms with van der Waals surface area (Å²) in [6.45, 7) is 22.2. The number of ether oxygens (including phenoxy) is 1. The molecule has 2 aliphatic rings. The number of methoxy groups -OCH3 is 1. The molecule has 29 heavy (non-hydrogen) atoms. The molecule has 5 nitrogen and oxygen atoms in total. The number of allylic oxidation sites excluding steroid dienone is 2. The van der Waals surface area contributed by atoms with Gasteiger partial charge in [0.15, 0.2) is 0 Å². The maximum Gasteiger partial charge on any atom is 0 e. The molecule has 0 bridgehead atoms. The fourth-order valence-corrected chi connectivity index (χ4v) is 4.47. The zero-order valence-electron chi connectivity index (χ0n) is 17.6. The van der Waals surface area contributed by atoms with Crippen LogP contribution < -0.4 is 4.74 Å². The second-order valence-corrected chi connectivity index (χ2v) is 7.66. The normalized spacial score (nSPS) is 25.3. The summed E-state index contributed by atoms with van der Waals surface area (Å²) in [7, 11) is 1.71. The molecule has 1 N–H and O–H groups in total. The van der Waals surface area contributed by atoms with E-state index in [9.17, 15) is 5.11 Å². The fourth-order valence-electron chi connectivity index (χ4n) is 4.47. The smallest absolute Gasteiger partial charge is 0 e. The minimum absolute atomic E-state index is 0. The van der Waals surface area contributed by atoms with E-state index in [0.717, 1.165) is 24.2 Å². The second kappa shape index (κ2) is 13.7. The van der Waals surface area contributed by atoms with Gasteiger partial charge in [-0.05, 0) is 80.7 Å². The molecule has 3 rings (SSSR count). The summed E-state index contributed by atoms with van der Waals surface area (Å²) in [5, 5.41) is 10.9. The molecule has 2 aliphatic carbocycles. The Morgan fingerprint density at radius 3 is 2.21 bits per heavy atom. The van der Waals surface area contributed by atoms with Crippen LogP contribution in [0, 0.1) is 25.9 Å². The summed E-state index contributed by atoms with van der Waals surface area (Å²) in [5.41, 5.74) is 4.49. The van der Waals surface area contributed by atoms with Gasteiger partial charge in [0.1, 0.15) is 5.75 Å². The predicted molar refractivity (Wildman–Crippen MR) is 102 cm³/mol. The van der Waals surface area contributed by atoms with Crippen LogP contribution in [0.5, 0.6) is 5.75 Å². The van der Waals surface area contributed by atoms with Crippen LogP contribution in [-0.2, 0) is 36.9 Å². The molecule has 1 aromatic rings. The Balaban J connectivity index is 0. The van der Waals surface area contributed by atoms with E-state index in [-0.39, 0.29) is 17.4 Å². The quantitative estimate of drug-likeness (QED) is 0.412. The number of aliphatic hydroxyl groups is 1. The van der Waals surface area contributed by atoms with Crippen LogP contribution in [0.3, 0.4) is 0 Å². The van der Waals surface area contributed by atoms with E-state index in [4.69, 9.17) is 18.7 Å². The predicted octanol–water partition coefficient (Wildman–Crippen LogP) is 4.75. The Bertz CT molecular complexity index is 727.